The van der Waals surface area contributed by atoms with Gasteiger partial charge in [0.05, 0.1) is 5.56 Å². The summed E-state index contributed by atoms with van der Waals surface area (Å²) >= 11 is 0. The number of ketones is 1. The molecule has 0 radical (unpaired) electrons. The minimum absolute atomic E-state index is 0.00824. The Morgan fingerprint density at radius 1 is 1.14 bits per heavy atom. The van der Waals surface area contributed by atoms with Crippen molar-refractivity contribution >= 4 is 17.4 Å². The van der Waals surface area contributed by atoms with Gasteiger partial charge in [0, 0.05) is 37.7 Å². The molecule has 0 aliphatic heterocycles. The van der Waals surface area contributed by atoms with Crippen LogP contribution in [0.4, 0.5) is 10.1 Å². The molecule has 2 aromatic carbocycles. The minimum Gasteiger partial charge on any atom is -0.483 e. The molecule has 35 heavy (non-hydrogen) atoms. The van der Waals surface area contributed by atoms with Gasteiger partial charge in [-0.25, -0.2) is 4.39 Å². The Labute approximate surface area is 201 Å². The van der Waals surface area contributed by atoms with Crippen molar-refractivity contribution in [1.82, 2.24) is 4.57 Å². The maximum absolute atomic E-state index is 14.0. The number of amides is 1. The molecule has 1 N–H and O–H groups in total. The number of aromatic nitrogens is 1. The zero-order valence-electron chi connectivity index (χ0n) is 19.3. The summed E-state index contributed by atoms with van der Waals surface area (Å²) in [6.45, 7) is 2.12. The maximum Gasteiger partial charge on any atom is 0.268 e. The Morgan fingerprint density at radius 3 is 2.57 bits per heavy atom. The second kappa shape index (κ2) is 11.7. The van der Waals surface area contributed by atoms with Crippen LogP contribution in [0, 0.1) is 24.1 Å². The number of anilines is 1. The Balaban J connectivity index is 1.84. The Bertz CT molecular complexity index is 1330. The van der Waals surface area contributed by atoms with Crippen LogP contribution in [-0.2, 0) is 16.1 Å². The summed E-state index contributed by atoms with van der Waals surface area (Å²) < 4.78 is 25.8. The summed E-state index contributed by atoms with van der Waals surface area (Å²) in [5, 5.41) is 12.0. The van der Waals surface area contributed by atoms with E-state index in [9.17, 15) is 24.0 Å². The molecule has 0 spiro atoms. The SMILES string of the molecule is COCCCn1cc(C(=O)c2cc(F)ccc2OCC(=O)Nc2ccc(C)cc2)cc(C#N)c1=O. The van der Waals surface area contributed by atoms with Crippen molar-refractivity contribution in [2.75, 3.05) is 25.6 Å². The predicted octanol–water partition coefficient (Wildman–Crippen LogP) is 3.45. The van der Waals surface area contributed by atoms with Gasteiger partial charge in [0.2, 0.25) is 0 Å². The Kier molecular flexibility index (Phi) is 8.48. The highest BCUT2D eigenvalue weighted by molar-refractivity contribution is 6.10. The molecular formula is C26H24FN3O5. The predicted molar refractivity (Wildman–Crippen MR) is 127 cm³/mol. The van der Waals surface area contributed by atoms with E-state index >= 15 is 0 Å². The van der Waals surface area contributed by atoms with Crippen molar-refractivity contribution < 1.29 is 23.5 Å². The van der Waals surface area contributed by atoms with E-state index in [4.69, 9.17) is 9.47 Å². The van der Waals surface area contributed by atoms with Gasteiger partial charge in [0.25, 0.3) is 11.5 Å². The van der Waals surface area contributed by atoms with Crippen molar-refractivity contribution in [2.45, 2.75) is 19.9 Å². The molecule has 0 saturated heterocycles. The lowest BCUT2D eigenvalue weighted by molar-refractivity contribution is -0.118. The fraction of sp³-hybridized carbons (Fsp3) is 0.231. The molecular weight excluding hydrogens is 453 g/mol. The summed E-state index contributed by atoms with van der Waals surface area (Å²) in [7, 11) is 1.52. The van der Waals surface area contributed by atoms with Gasteiger partial charge in [-0.05, 0) is 49.7 Å². The molecule has 1 heterocycles. The van der Waals surface area contributed by atoms with Crippen LogP contribution < -0.4 is 15.6 Å². The number of nitrogens with zero attached hydrogens (tertiary/aromatic N) is 2. The highest BCUT2D eigenvalue weighted by Gasteiger charge is 2.20. The van der Waals surface area contributed by atoms with Crippen LogP contribution in [0.3, 0.4) is 0 Å². The Morgan fingerprint density at radius 2 is 1.89 bits per heavy atom. The van der Waals surface area contributed by atoms with Gasteiger partial charge in [0.1, 0.15) is 23.2 Å². The molecule has 3 aromatic rings. The van der Waals surface area contributed by atoms with E-state index in [0.29, 0.717) is 18.7 Å². The second-order valence-electron chi connectivity index (χ2n) is 7.77. The normalized spacial score (nSPS) is 10.5. The first-order chi connectivity index (χ1) is 16.8. The summed E-state index contributed by atoms with van der Waals surface area (Å²) in [5.74, 6) is -1.81. The topological polar surface area (TPSA) is 110 Å². The molecule has 0 aliphatic carbocycles. The third-order valence-corrected chi connectivity index (χ3v) is 5.10. The van der Waals surface area contributed by atoms with Crippen molar-refractivity contribution in [3.8, 4) is 11.8 Å². The largest absolute Gasteiger partial charge is 0.483 e. The Hall–Kier alpha value is -4.29. The molecule has 0 aliphatic rings. The van der Waals surface area contributed by atoms with Crippen molar-refractivity contribution in [1.29, 1.82) is 5.26 Å². The molecule has 0 fully saturated rings. The van der Waals surface area contributed by atoms with Crippen LogP contribution in [0.1, 0.15) is 33.5 Å². The molecule has 0 saturated carbocycles. The number of halogens is 1. The lowest BCUT2D eigenvalue weighted by Crippen LogP contribution is -2.25. The van der Waals surface area contributed by atoms with E-state index < -0.39 is 29.7 Å². The second-order valence-corrected chi connectivity index (χ2v) is 7.77. The number of pyridine rings is 1. The third kappa shape index (κ3) is 6.62. The number of carbonyl (C=O) groups is 2. The fourth-order valence-electron chi connectivity index (χ4n) is 3.32. The van der Waals surface area contributed by atoms with Crippen LogP contribution in [0.2, 0.25) is 0 Å². The molecule has 0 unspecified atom stereocenters. The zero-order chi connectivity index (χ0) is 25.4. The van der Waals surface area contributed by atoms with Crippen LogP contribution in [0.15, 0.2) is 59.5 Å². The highest BCUT2D eigenvalue weighted by atomic mass is 19.1. The van der Waals surface area contributed by atoms with E-state index in [1.165, 1.54) is 23.9 Å². The van der Waals surface area contributed by atoms with Crippen molar-refractivity contribution in [3.05, 3.63) is 93.2 Å². The average molecular weight is 477 g/mol. The highest BCUT2D eigenvalue weighted by Crippen LogP contribution is 2.23. The van der Waals surface area contributed by atoms with Gasteiger partial charge in [-0.2, -0.15) is 5.26 Å². The van der Waals surface area contributed by atoms with E-state index in [-0.39, 0.29) is 29.0 Å². The number of hydrogen-bond acceptors (Lipinski definition) is 6. The van der Waals surface area contributed by atoms with Crippen LogP contribution in [-0.4, -0.2) is 36.6 Å². The molecule has 3 rings (SSSR count). The van der Waals surface area contributed by atoms with Gasteiger partial charge in [-0.1, -0.05) is 17.7 Å². The number of hydrogen-bond donors (Lipinski definition) is 1. The van der Waals surface area contributed by atoms with E-state index in [1.54, 1.807) is 18.2 Å². The fourth-order valence-corrected chi connectivity index (χ4v) is 3.32. The number of aryl methyl sites for hydroxylation is 2. The van der Waals surface area contributed by atoms with E-state index in [0.717, 1.165) is 23.8 Å². The van der Waals surface area contributed by atoms with Crippen molar-refractivity contribution in [2.24, 2.45) is 0 Å². The number of methoxy groups -OCH3 is 1. The van der Waals surface area contributed by atoms with Crippen LogP contribution >= 0.6 is 0 Å². The third-order valence-electron chi connectivity index (χ3n) is 5.10. The minimum atomic E-state index is -0.682. The number of nitriles is 1. The van der Waals surface area contributed by atoms with Gasteiger partial charge in [-0.15, -0.1) is 0 Å². The molecule has 0 bridgehead atoms. The number of ether oxygens (including phenoxy) is 2. The number of benzene rings is 2. The van der Waals surface area contributed by atoms with Crippen LogP contribution in [0.5, 0.6) is 5.75 Å². The molecule has 180 valence electrons. The monoisotopic (exact) mass is 477 g/mol. The first kappa shape index (κ1) is 25.3. The lowest BCUT2D eigenvalue weighted by atomic mass is 10.0. The number of carbonyl (C=O) groups excluding carboxylic acids is 2. The van der Waals surface area contributed by atoms with Gasteiger partial charge in [0.15, 0.2) is 12.4 Å². The molecule has 1 aromatic heterocycles. The van der Waals surface area contributed by atoms with Gasteiger partial charge in [-0.3, -0.25) is 14.4 Å². The molecule has 1 amide bonds. The molecule has 8 nitrogen and oxygen atoms in total. The van der Waals surface area contributed by atoms with E-state index in [2.05, 4.69) is 5.32 Å². The van der Waals surface area contributed by atoms with Gasteiger partial charge < -0.3 is 19.4 Å². The summed E-state index contributed by atoms with van der Waals surface area (Å²) in [6, 6.07) is 13.5. The smallest absolute Gasteiger partial charge is 0.268 e. The number of rotatable bonds is 10. The zero-order valence-corrected chi connectivity index (χ0v) is 19.3. The summed E-state index contributed by atoms with van der Waals surface area (Å²) in [4.78, 5) is 38.0. The summed E-state index contributed by atoms with van der Waals surface area (Å²) in [6.07, 6.45) is 1.81. The standard InChI is InChI=1S/C26H24FN3O5/c1-17-4-7-21(8-5-17)29-24(31)16-35-23-9-6-20(27)13-22(23)25(32)19-12-18(14-28)26(33)30(15-19)10-3-11-34-2/h4-9,12-13,15H,3,10-11,16H2,1-2H3,(H,29,31). The first-order valence-corrected chi connectivity index (χ1v) is 10.8. The molecule has 9 heteroatoms. The van der Waals surface area contributed by atoms with E-state index in [1.807, 2.05) is 19.1 Å². The van der Waals surface area contributed by atoms with Crippen LogP contribution in [0.25, 0.3) is 0 Å². The first-order valence-electron chi connectivity index (χ1n) is 10.8. The maximum atomic E-state index is 14.0. The molecule has 0 atom stereocenters. The van der Waals surface area contributed by atoms with Crippen molar-refractivity contribution in [3.63, 3.8) is 0 Å². The summed E-state index contributed by atoms with van der Waals surface area (Å²) in [5.41, 5.74) is 0.739. The average Bonchev–Trinajstić information content (AvgIpc) is 2.85. The quantitative estimate of drug-likeness (QED) is 0.354. The number of nitrogens with one attached hydrogen (secondary N) is 1. The van der Waals surface area contributed by atoms with Gasteiger partial charge >= 0.3 is 0 Å². The lowest BCUT2D eigenvalue weighted by Gasteiger charge is -2.13.